The summed E-state index contributed by atoms with van der Waals surface area (Å²) in [7, 11) is -2.16. The maximum Gasteiger partial charge on any atom is 0.242 e. The van der Waals surface area contributed by atoms with Crippen LogP contribution in [0.25, 0.3) is 0 Å². The summed E-state index contributed by atoms with van der Waals surface area (Å²) in [5, 5.41) is 2.63. The van der Waals surface area contributed by atoms with Gasteiger partial charge in [-0.1, -0.05) is 12.1 Å². The first-order chi connectivity index (χ1) is 10.8. The number of hydrogen-bond donors (Lipinski definition) is 2. The van der Waals surface area contributed by atoms with Gasteiger partial charge in [0.25, 0.3) is 0 Å². The standard InChI is InChI=1S/C15H23N3O4S/c1-12(19)13-5-7-14(8-6-13)23(21,22)18(2)11-3-4-15(20)17-10-9-16/h5-8H,3-4,9-11,16H2,1-2H3,(H,17,20). The molecule has 0 atom stereocenters. The van der Waals surface area contributed by atoms with Crippen molar-refractivity contribution in [3.63, 3.8) is 0 Å². The number of nitrogens with one attached hydrogen (secondary N) is 1. The van der Waals surface area contributed by atoms with Crippen LogP contribution in [-0.4, -0.2) is 51.1 Å². The number of Topliss-reactive ketones (excluding diaryl/α,β-unsaturated/α-hetero) is 1. The molecule has 0 radical (unpaired) electrons. The van der Waals surface area contributed by atoms with Crippen molar-refractivity contribution in [1.82, 2.24) is 9.62 Å². The normalized spacial score (nSPS) is 11.5. The Morgan fingerprint density at radius 3 is 2.35 bits per heavy atom. The molecule has 128 valence electrons. The number of nitrogens with zero attached hydrogens (tertiary/aromatic N) is 1. The van der Waals surface area contributed by atoms with Crippen molar-refractivity contribution in [3.8, 4) is 0 Å². The fourth-order valence-corrected chi connectivity index (χ4v) is 3.13. The lowest BCUT2D eigenvalue weighted by molar-refractivity contribution is -0.121. The van der Waals surface area contributed by atoms with Gasteiger partial charge >= 0.3 is 0 Å². The first-order valence-electron chi connectivity index (χ1n) is 7.33. The molecule has 0 aliphatic heterocycles. The van der Waals surface area contributed by atoms with E-state index in [1.807, 2.05) is 0 Å². The molecule has 3 N–H and O–H groups in total. The first kappa shape index (κ1) is 19.3. The summed E-state index contributed by atoms with van der Waals surface area (Å²) >= 11 is 0. The highest BCUT2D eigenvalue weighted by atomic mass is 32.2. The van der Waals surface area contributed by atoms with E-state index in [9.17, 15) is 18.0 Å². The maximum atomic E-state index is 12.4. The lowest BCUT2D eigenvalue weighted by Crippen LogP contribution is -2.31. The van der Waals surface area contributed by atoms with Crippen LogP contribution in [0.5, 0.6) is 0 Å². The largest absolute Gasteiger partial charge is 0.355 e. The molecule has 1 amide bonds. The minimum atomic E-state index is -3.63. The predicted octanol–water partition coefficient (Wildman–Crippen LogP) is 0.365. The van der Waals surface area contributed by atoms with Crippen LogP contribution in [0.3, 0.4) is 0 Å². The number of nitrogens with two attached hydrogens (primary N) is 1. The number of carbonyl (C=O) groups excluding carboxylic acids is 2. The lowest BCUT2D eigenvalue weighted by atomic mass is 10.2. The number of hydrogen-bond acceptors (Lipinski definition) is 5. The van der Waals surface area contributed by atoms with E-state index in [-0.39, 0.29) is 29.6 Å². The Balaban J connectivity index is 2.61. The molecule has 1 aromatic rings. The first-order valence-corrected chi connectivity index (χ1v) is 8.77. The molecule has 0 aromatic heterocycles. The van der Waals surface area contributed by atoms with Crippen LogP contribution in [-0.2, 0) is 14.8 Å². The van der Waals surface area contributed by atoms with Crippen molar-refractivity contribution in [2.45, 2.75) is 24.7 Å². The summed E-state index contributed by atoms with van der Waals surface area (Å²) in [6, 6.07) is 5.81. The van der Waals surface area contributed by atoms with Gasteiger partial charge in [-0.2, -0.15) is 0 Å². The Hall–Kier alpha value is -1.77. The van der Waals surface area contributed by atoms with Crippen molar-refractivity contribution in [2.75, 3.05) is 26.7 Å². The Bertz CT molecular complexity index is 641. The molecule has 0 aliphatic carbocycles. The highest BCUT2D eigenvalue weighted by Gasteiger charge is 2.20. The second kappa shape index (κ2) is 8.76. The van der Waals surface area contributed by atoms with Crippen molar-refractivity contribution in [3.05, 3.63) is 29.8 Å². The molecule has 8 heteroatoms. The minimum absolute atomic E-state index is 0.120. The van der Waals surface area contributed by atoms with Crippen LogP contribution in [0.2, 0.25) is 0 Å². The molecule has 0 unspecified atom stereocenters. The van der Waals surface area contributed by atoms with Gasteiger partial charge in [0.2, 0.25) is 15.9 Å². The zero-order valence-electron chi connectivity index (χ0n) is 13.4. The van der Waals surface area contributed by atoms with Crippen LogP contribution in [0, 0.1) is 0 Å². The molecule has 23 heavy (non-hydrogen) atoms. The molecule has 1 aromatic carbocycles. The molecule has 0 spiro atoms. The van der Waals surface area contributed by atoms with Crippen LogP contribution in [0.4, 0.5) is 0 Å². The Labute approximate surface area is 136 Å². The van der Waals surface area contributed by atoms with Gasteiger partial charge in [0.05, 0.1) is 4.90 Å². The van der Waals surface area contributed by atoms with Crippen molar-refractivity contribution >= 4 is 21.7 Å². The monoisotopic (exact) mass is 341 g/mol. The van der Waals surface area contributed by atoms with Crippen molar-refractivity contribution < 1.29 is 18.0 Å². The molecule has 0 saturated carbocycles. The van der Waals surface area contributed by atoms with Gasteiger partial charge in [0, 0.05) is 38.7 Å². The molecular formula is C15H23N3O4S. The maximum absolute atomic E-state index is 12.4. The van der Waals surface area contributed by atoms with E-state index >= 15 is 0 Å². The van der Waals surface area contributed by atoms with Gasteiger partial charge in [-0.05, 0) is 25.5 Å². The SMILES string of the molecule is CC(=O)c1ccc(S(=O)(=O)N(C)CCCC(=O)NCCN)cc1. The third kappa shape index (κ3) is 5.74. The Morgan fingerprint density at radius 1 is 1.22 bits per heavy atom. The molecular weight excluding hydrogens is 318 g/mol. The van der Waals surface area contributed by atoms with Gasteiger partial charge in [0.15, 0.2) is 5.78 Å². The fraction of sp³-hybridized carbons (Fsp3) is 0.467. The van der Waals surface area contributed by atoms with Crippen LogP contribution < -0.4 is 11.1 Å². The summed E-state index contributed by atoms with van der Waals surface area (Å²) in [6.45, 7) is 2.43. The summed E-state index contributed by atoms with van der Waals surface area (Å²) in [6.07, 6.45) is 0.654. The van der Waals surface area contributed by atoms with Gasteiger partial charge < -0.3 is 11.1 Å². The molecule has 7 nitrogen and oxygen atoms in total. The fourth-order valence-electron chi connectivity index (χ4n) is 1.92. The van der Waals surface area contributed by atoms with Crippen molar-refractivity contribution in [2.24, 2.45) is 5.73 Å². The smallest absolute Gasteiger partial charge is 0.242 e. The lowest BCUT2D eigenvalue weighted by Gasteiger charge is -2.17. The molecule has 0 bridgehead atoms. The molecule has 0 aliphatic rings. The number of rotatable bonds is 9. The summed E-state index contributed by atoms with van der Waals surface area (Å²) in [5.41, 5.74) is 5.74. The molecule has 1 rings (SSSR count). The van der Waals surface area contributed by atoms with E-state index in [0.29, 0.717) is 25.1 Å². The second-order valence-electron chi connectivity index (χ2n) is 5.15. The average Bonchev–Trinajstić information content (AvgIpc) is 2.52. The van der Waals surface area contributed by atoms with Gasteiger partial charge in [0.1, 0.15) is 0 Å². The van der Waals surface area contributed by atoms with Gasteiger partial charge in [-0.15, -0.1) is 0 Å². The highest BCUT2D eigenvalue weighted by Crippen LogP contribution is 2.16. The second-order valence-corrected chi connectivity index (χ2v) is 7.19. The van der Waals surface area contributed by atoms with Gasteiger partial charge in [-0.3, -0.25) is 9.59 Å². The number of sulfonamides is 1. The molecule has 0 heterocycles. The van der Waals surface area contributed by atoms with Crippen LogP contribution in [0.1, 0.15) is 30.1 Å². The van der Waals surface area contributed by atoms with E-state index in [4.69, 9.17) is 5.73 Å². The van der Waals surface area contributed by atoms with Gasteiger partial charge in [-0.25, -0.2) is 12.7 Å². The summed E-state index contributed by atoms with van der Waals surface area (Å²) in [5.74, 6) is -0.266. The van der Waals surface area contributed by atoms with E-state index in [2.05, 4.69) is 5.32 Å². The third-order valence-electron chi connectivity index (χ3n) is 3.31. The minimum Gasteiger partial charge on any atom is -0.355 e. The van der Waals surface area contributed by atoms with E-state index in [1.165, 1.54) is 42.5 Å². The third-order valence-corrected chi connectivity index (χ3v) is 5.18. The van der Waals surface area contributed by atoms with Crippen molar-refractivity contribution in [1.29, 1.82) is 0 Å². The topological polar surface area (TPSA) is 110 Å². The summed E-state index contributed by atoms with van der Waals surface area (Å²) in [4.78, 5) is 22.8. The predicted molar refractivity (Wildman–Crippen MR) is 87.6 cm³/mol. The van der Waals surface area contributed by atoms with Crippen LogP contribution in [0.15, 0.2) is 29.2 Å². The molecule has 0 saturated heterocycles. The Kier molecular flexibility index (Phi) is 7.34. The van der Waals surface area contributed by atoms with E-state index < -0.39 is 10.0 Å². The zero-order valence-corrected chi connectivity index (χ0v) is 14.2. The molecule has 0 fully saturated rings. The zero-order chi connectivity index (χ0) is 17.5. The number of amides is 1. The number of carbonyl (C=O) groups is 2. The number of benzene rings is 1. The van der Waals surface area contributed by atoms with Crippen LogP contribution >= 0.6 is 0 Å². The quantitative estimate of drug-likeness (QED) is 0.631. The Morgan fingerprint density at radius 2 is 1.83 bits per heavy atom. The number of ketones is 1. The van der Waals surface area contributed by atoms with E-state index in [0.717, 1.165) is 0 Å². The van der Waals surface area contributed by atoms with E-state index in [1.54, 1.807) is 0 Å². The highest BCUT2D eigenvalue weighted by molar-refractivity contribution is 7.89. The summed E-state index contributed by atoms with van der Waals surface area (Å²) < 4.78 is 26.0. The average molecular weight is 341 g/mol.